The minimum absolute atomic E-state index is 0.104. The first kappa shape index (κ1) is 19.0. The summed E-state index contributed by atoms with van der Waals surface area (Å²) in [6, 6.07) is 8.53. The summed E-state index contributed by atoms with van der Waals surface area (Å²) in [6.45, 7) is 14.5. The lowest BCUT2D eigenvalue weighted by molar-refractivity contribution is -0.118. The Bertz CT molecular complexity index is 447. The van der Waals surface area contributed by atoms with Crippen LogP contribution in [-0.4, -0.2) is 34.4 Å². The van der Waals surface area contributed by atoms with Crippen LogP contribution in [0.3, 0.4) is 0 Å². The van der Waals surface area contributed by atoms with Crippen molar-refractivity contribution in [3.8, 4) is 0 Å². The molecule has 1 rings (SSSR count). The van der Waals surface area contributed by atoms with Crippen LogP contribution in [-0.2, 0) is 17.9 Å². The van der Waals surface area contributed by atoms with E-state index in [4.69, 9.17) is 0 Å². The van der Waals surface area contributed by atoms with Crippen molar-refractivity contribution in [2.24, 2.45) is 0 Å². The molecule has 4 heteroatoms. The highest BCUT2D eigenvalue weighted by molar-refractivity contribution is 8.01. The third-order valence-corrected chi connectivity index (χ3v) is 4.72. The predicted molar refractivity (Wildman–Crippen MR) is 97.1 cm³/mol. The second-order valence-electron chi connectivity index (χ2n) is 6.46. The Hall–Kier alpha value is -1.00. The van der Waals surface area contributed by atoms with E-state index in [-0.39, 0.29) is 10.7 Å². The molecule has 0 aromatic heterocycles. The molecule has 3 nitrogen and oxygen atoms in total. The van der Waals surface area contributed by atoms with Crippen LogP contribution in [0.4, 0.5) is 0 Å². The summed E-state index contributed by atoms with van der Waals surface area (Å²) in [7, 11) is 0. The molecule has 0 spiro atoms. The predicted octanol–water partition coefficient (Wildman–Crippen LogP) is 3.68. The van der Waals surface area contributed by atoms with Gasteiger partial charge in [0, 0.05) is 17.8 Å². The molecule has 124 valence electrons. The normalized spacial score (nSPS) is 11.7. The fraction of sp³-hybridized carbons (Fsp3) is 0.611. The molecule has 22 heavy (non-hydrogen) atoms. The van der Waals surface area contributed by atoms with E-state index in [1.165, 1.54) is 5.56 Å². The second kappa shape index (κ2) is 9.21. The fourth-order valence-corrected chi connectivity index (χ4v) is 2.67. The van der Waals surface area contributed by atoms with Crippen molar-refractivity contribution in [1.82, 2.24) is 10.2 Å². The first-order valence-electron chi connectivity index (χ1n) is 8.05. The molecular formula is C18H30N2OS. The van der Waals surface area contributed by atoms with Crippen LogP contribution in [0, 0.1) is 0 Å². The Balaban J connectivity index is 2.39. The number of nitrogens with one attached hydrogen (secondary N) is 1. The summed E-state index contributed by atoms with van der Waals surface area (Å²) < 4.78 is 0.128. The Labute approximate surface area is 139 Å². The summed E-state index contributed by atoms with van der Waals surface area (Å²) in [5.41, 5.74) is 2.47. The summed E-state index contributed by atoms with van der Waals surface area (Å²) in [6.07, 6.45) is 0. The van der Waals surface area contributed by atoms with Gasteiger partial charge >= 0.3 is 0 Å². The number of thioether (sulfide) groups is 1. The van der Waals surface area contributed by atoms with Gasteiger partial charge in [-0.05, 0) is 24.2 Å². The Morgan fingerprint density at radius 2 is 1.64 bits per heavy atom. The lowest BCUT2D eigenvalue weighted by Gasteiger charge is -2.18. The largest absolute Gasteiger partial charge is 0.351 e. The van der Waals surface area contributed by atoms with Gasteiger partial charge in [-0.2, -0.15) is 0 Å². The molecular weight excluding hydrogens is 292 g/mol. The number of rotatable bonds is 8. The van der Waals surface area contributed by atoms with Crippen LogP contribution in [0.15, 0.2) is 24.3 Å². The molecule has 0 aliphatic carbocycles. The van der Waals surface area contributed by atoms with E-state index in [1.54, 1.807) is 11.8 Å². The summed E-state index contributed by atoms with van der Waals surface area (Å²) in [4.78, 5) is 14.2. The standard InChI is InChI=1S/C18H30N2OS/c1-6-20(7-2)13-16-10-8-15(9-11-16)12-19-17(21)14-22-18(3,4)5/h8-11H,6-7,12-14H2,1-5H3,(H,19,21). The molecule has 0 bridgehead atoms. The number of carbonyl (C=O) groups is 1. The van der Waals surface area contributed by atoms with Gasteiger partial charge in [-0.1, -0.05) is 58.9 Å². The zero-order valence-corrected chi connectivity index (χ0v) is 15.4. The smallest absolute Gasteiger partial charge is 0.230 e. The third kappa shape index (κ3) is 7.85. The van der Waals surface area contributed by atoms with Crippen molar-refractivity contribution in [2.45, 2.75) is 52.5 Å². The molecule has 1 N–H and O–H groups in total. The van der Waals surface area contributed by atoms with Crippen molar-refractivity contribution in [3.05, 3.63) is 35.4 Å². The van der Waals surface area contributed by atoms with E-state index in [2.05, 4.69) is 69.1 Å². The van der Waals surface area contributed by atoms with Gasteiger partial charge in [-0.3, -0.25) is 9.69 Å². The number of carbonyl (C=O) groups excluding carboxylic acids is 1. The van der Waals surface area contributed by atoms with Gasteiger partial charge in [-0.15, -0.1) is 11.8 Å². The quantitative estimate of drug-likeness (QED) is 0.792. The van der Waals surface area contributed by atoms with Crippen molar-refractivity contribution >= 4 is 17.7 Å². The summed E-state index contributed by atoms with van der Waals surface area (Å²) >= 11 is 1.67. The van der Waals surface area contributed by atoms with Crippen molar-refractivity contribution in [2.75, 3.05) is 18.8 Å². The van der Waals surface area contributed by atoms with Gasteiger partial charge in [0.15, 0.2) is 0 Å². The number of amides is 1. The highest BCUT2D eigenvalue weighted by Crippen LogP contribution is 2.22. The van der Waals surface area contributed by atoms with Crippen LogP contribution < -0.4 is 5.32 Å². The molecule has 0 aliphatic heterocycles. The average molecular weight is 323 g/mol. The second-order valence-corrected chi connectivity index (χ2v) is 8.26. The van der Waals surface area contributed by atoms with Gasteiger partial charge in [0.1, 0.15) is 0 Å². The molecule has 0 radical (unpaired) electrons. The van der Waals surface area contributed by atoms with Crippen LogP contribution in [0.2, 0.25) is 0 Å². The highest BCUT2D eigenvalue weighted by atomic mass is 32.2. The molecule has 0 atom stereocenters. The van der Waals surface area contributed by atoms with E-state index in [1.807, 2.05) is 0 Å². The van der Waals surface area contributed by atoms with Gasteiger partial charge in [-0.25, -0.2) is 0 Å². The molecule has 0 saturated heterocycles. The summed E-state index contributed by atoms with van der Waals surface area (Å²) in [5, 5.41) is 2.98. The minimum Gasteiger partial charge on any atom is -0.351 e. The van der Waals surface area contributed by atoms with Crippen LogP contribution in [0.1, 0.15) is 45.7 Å². The number of benzene rings is 1. The van der Waals surface area contributed by atoms with E-state index in [9.17, 15) is 4.79 Å². The molecule has 0 saturated carbocycles. The molecule has 1 aromatic carbocycles. The van der Waals surface area contributed by atoms with Crippen molar-refractivity contribution < 1.29 is 4.79 Å². The topological polar surface area (TPSA) is 32.3 Å². The van der Waals surface area contributed by atoms with Gasteiger partial charge in [0.2, 0.25) is 5.91 Å². The average Bonchev–Trinajstić information content (AvgIpc) is 2.49. The molecule has 0 fully saturated rings. The molecule has 0 heterocycles. The maximum Gasteiger partial charge on any atom is 0.230 e. The van der Waals surface area contributed by atoms with E-state index in [0.29, 0.717) is 12.3 Å². The third-order valence-electron chi connectivity index (χ3n) is 3.45. The minimum atomic E-state index is 0.104. The van der Waals surface area contributed by atoms with Crippen LogP contribution in [0.25, 0.3) is 0 Å². The maximum atomic E-state index is 11.8. The summed E-state index contributed by atoms with van der Waals surface area (Å²) in [5.74, 6) is 0.621. The lowest BCUT2D eigenvalue weighted by atomic mass is 10.1. The zero-order valence-electron chi connectivity index (χ0n) is 14.6. The lowest BCUT2D eigenvalue weighted by Crippen LogP contribution is -2.26. The number of hydrogen-bond acceptors (Lipinski definition) is 3. The molecule has 1 amide bonds. The van der Waals surface area contributed by atoms with Gasteiger partial charge in [0.05, 0.1) is 5.75 Å². The first-order chi connectivity index (χ1) is 10.3. The maximum absolute atomic E-state index is 11.8. The first-order valence-corrected chi connectivity index (χ1v) is 9.03. The molecule has 0 aliphatic rings. The molecule has 0 unspecified atom stereocenters. The highest BCUT2D eigenvalue weighted by Gasteiger charge is 2.13. The van der Waals surface area contributed by atoms with Crippen molar-refractivity contribution in [3.63, 3.8) is 0 Å². The van der Waals surface area contributed by atoms with Gasteiger partial charge in [0.25, 0.3) is 0 Å². The van der Waals surface area contributed by atoms with E-state index < -0.39 is 0 Å². The zero-order chi connectivity index (χ0) is 16.6. The Kier molecular flexibility index (Phi) is 7.97. The Morgan fingerprint density at radius 1 is 1.09 bits per heavy atom. The number of nitrogens with zero attached hydrogens (tertiary/aromatic N) is 1. The van der Waals surface area contributed by atoms with Crippen LogP contribution >= 0.6 is 11.8 Å². The van der Waals surface area contributed by atoms with E-state index >= 15 is 0 Å². The fourth-order valence-electron chi connectivity index (χ4n) is 2.00. The van der Waals surface area contributed by atoms with Crippen molar-refractivity contribution in [1.29, 1.82) is 0 Å². The van der Waals surface area contributed by atoms with Gasteiger partial charge < -0.3 is 5.32 Å². The molecule has 1 aromatic rings. The number of hydrogen-bond donors (Lipinski definition) is 1. The SMILES string of the molecule is CCN(CC)Cc1ccc(CNC(=O)CSC(C)(C)C)cc1. The van der Waals surface area contributed by atoms with E-state index in [0.717, 1.165) is 25.2 Å². The monoisotopic (exact) mass is 322 g/mol. The Morgan fingerprint density at radius 3 is 2.14 bits per heavy atom. The van der Waals surface area contributed by atoms with Crippen LogP contribution in [0.5, 0.6) is 0 Å².